The van der Waals surface area contributed by atoms with E-state index in [-0.39, 0.29) is 26.1 Å². The van der Waals surface area contributed by atoms with Crippen molar-refractivity contribution in [2.24, 2.45) is 0 Å². The minimum atomic E-state index is -1.10. The Kier molecular flexibility index (Phi) is 10.6. The Labute approximate surface area is 140 Å². The first-order valence-corrected chi connectivity index (χ1v) is 7.25. The quantitative estimate of drug-likeness (QED) is 0.312. The van der Waals surface area contributed by atoms with Gasteiger partial charge in [-0.05, 0) is 13.8 Å². The maximum atomic E-state index is 11.5. The second-order valence-electron chi connectivity index (χ2n) is 4.60. The highest BCUT2D eigenvalue weighted by atomic mass is 16.6. The first-order chi connectivity index (χ1) is 11.3. The summed E-state index contributed by atoms with van der Waals surface area (Å²) in [5, 5.41) is 0. The molecule has 24 heavy (non-hydrogen) atoms. The molecule has 8 nitrogen and oxygen atoms in total. The summed E-state index contributed by atoms with van der Waals surface area (Å²) in [6.45, 7) is 9.47. The fraction of sp³-hybridized carbons (Fsp3) is 0.500. The topological polar surface area (TPSA) is 105 Å². The zero-order chi connectivity index (χ0) is 18.5. The van der Waals surface area contributed by atoms with Gasteiger partial charge < -0.3 is 18.9 Å². The highest BCUT2D eigenvalue weighted by Gasteiger charge is 2.22. The third-order valence-electron chi connectivity index (χ3n) is 2.50. The first-order valence-electron chi connectivity index (χ1n) is 7.25. The maximum Gasteiger partial charge on any atom is 0.347 e. The van der Waals surface area contributed by atoms with Gasteiger partial charge in [-0.1, -0.05) is 25.3 Å². The highest BCUT2D eigenvalue weighted by molar-refractivity contribution is 5.83. The minimum Gasteiger partial charge on any atom is -0.459 e. The zero-order valence-electron chi connectivity index (χ0n) is 13.8. The molecule has 8 heteroatoms. The van der Waals surface area contributed by atoms with Crippen LogP contribution in [0, 0.1) is 0 Å². The van der Waals surface area contributed by atoms with Gasteiger partial charge in [0.15, 0.2) is 12.2 Å². The van der Waals surface area contributed by atoms with Crippen molar-refractivity contribution in [1.29, 1.82) is 0 Å². The van der Waals surface area contributed by atoms with Crippen LogP contribution in [0.1, 0.15) is 26.7 Å². The van der Waals surface area contributed by atoms with Gasteiger partial charge in [0, 0.05) is 0 Å². The van der Waals surface area contributed by atoms with E-state index in [2.05, 4.69) is 13.2 Å². The predicted octanol–water partition coefficient (Wildman–Crippen LogP) is 1.09. The Bertz CT molecular complexity index is 438. The summed E-state index contributed by atoms with van der Waals surface area (Å²) >= 11 is 0. The summed E-state index contributed by atoms with van der Waals surface area (Å²) in [6, 6.07) is 0. The van der Waals surface area contributed by atoms with Crippen LogP contribution < -0.4 is 0 Å². The molecule has 0 saturated carbocycles. The largest absolute Gasteiger partial charge is 0.459 e. The average Bonchev–Trinajstić information content (AvgIpc) is 2.55. The molecule has 0 unspecified atom stereocenters. The Morgan fingerprint density at radius 3 is 1.42 bits per heavy atom. The fourth-order valence-corrected chi connectivity index (χ4v) is 1.33. The van der Waals surface area contributed by atoms with E-state index in [1.165, 1.54) is 26.0 Å². The minimum absolute atomic E-state index is 0.00684. The molecule has 0 fully saturated rings. The third kappa shape index (κ3) is 9.39. The predicted molar refractivity (Wildman–Crippen MR) is 82.7 cm³/mol. The SMILES string of the molecule is C=CCOC(=O)[C@H](C)OC(=O)CCC(=O)O[C@H](C)C(=O)OCC=C. The summed E-state index contributed by atoms with van der Waals surface area (Å²) in [5.41, 5.74) is 0. The van der Waals surface area contributed by atoms with Gasteiger partial charge in [-0.3, -0.25) is 9.59 Å². The van der Waals surface area contributed by atoms with Crippen molar-refractivity contribution in [3.63, 3.8) is 0 Å². The molecule has 0 rings (SSSR count). The van der Waals surface area contributed by atoms with Crippen molar-refractivity contribution in [1.82, 2.24) is 0 Å². The molecule has 0 amide bonds. The first kappa shape index (κ1) is 21.4. The normalized spacial score (nSPS) is 12.2. The Morgan fingerprint density at radius 2 is 1.12 bits per heavy atom. The molecule has 0 spiro atoms. The van der Waals surface area contributed by atoms with Gasteiger partial charge in [-0.25, -0.2) is 9.59 Å². The second-order valence-corrected chi connectivity index (χ2v) is 4.60. The number of hydrogen-bond acceptors (Lipinski definition) is 8. The van der Waals surface area contributed by atoms with Crippen LogP contribution in [0.5, 0.6) is 0 Å². The van der Waals surface area contributed by atoms with Crippen LogP contribution >= 0.6 is 0 Å². The van der Waals surface area contributed by atoms with Gasteiger partial charge in [0.05, 0.1) is 12.8 Å². The van der Waals surface area contributed by atoms with E-state index in [1.54, 1.807) is 0 Å². The Hall–Kier alpha value is -2.64. The summed E-state index contributed by atoms with van der Waals surface area (Å²) < 4.78 is 19.0. The molecule has 0 aliphatic rings. The van der Waals surface area contributed by atoms with Crippen LogP contribution in [0.3, 0.4) is 0 Å². The van der Waals surface area contributed by atoms with Crippen molar-refractivity contribution in [2.75, 3.05) is 13.2 Å². The molecular formula is C16H22O8. The molecule has 2 atom stereocenters. The van der Waals surface area contributed by atoms with E-state index in [0.29, 0.717) is 0 Å². The van der Waals surface area contributed by atoms with Crippen molar-refractivity contribution in [2.45, 2.75) is 38.9 Å². The molecule has 0 aromatic heterocycles. The third-order valence-corrected chi connectivity index (χ3v) is 2.50. The lowest BCUT2D eigenvalue weighted by Crippen LogP contribution is -2.28. The van der Waals surface area contributed by atoms with Gasteiger partial charge in [0.25, 0.3) is 0 Å². The van der Waals surface area contributed by atoms with Crippen LogP contribution in [-0.2, 0) is 38.1 Å². The van der Waals surface area contributed by atoms with Gasteiger partial charge in [0.1, 0.15) is 13.2 Å². The Morgan fingerprint density at radius 1 is 0.792 bits per heavy atom. The molecule has 0 aromatic rings. The summed E-state index contributed by atoms with van der Waals surface area (Å²) in [4.78, 5) is 45.8. The van der Waals surface area contributed by atoms with Gasteiger partial charge >= 0.3 is 23.9 Å². The van der Waals surface area contributed by atoms with Crippen molar-refractivity contribution in [3.05, 3.63) is 25.3 Å². The van der Waals surface area contributed by atoms with Crippen molar-refractivity contribution >= 4 is 23.9 Å². The lowest BCUT2D eigenvalue weighted by atomic mass is 10.3. The maximum absolute atomic E-state index is 11.5. The zero-order valence-corrected chi connectivity index (χ0v) is 13.8. The van der Waals surface area contributed by atoms with Gasteiger partial charge in [-0.15, -0.1) is 0 Å². The molecule has 0 aliphatic heterocycles. The molecule has 0 heterocycles. The number of carbonyl (C=O) groups excluding carboxylic acids is 4. The van der Waals surface area contributed by atoms with E-state index in [9.17, 15) is 19.2 Å². The fourth-order valence-electron chi connectivity index (χ4n) is 1.33. The Balaban J connectivity index is 4.10. The van der Waals surface area contributed by atoms with E-state index < -0.39 is 36.1 Å². The molecule has 0 radical (unpaired) electrons. The standard InChI is InChI=1S/C16H22O8/c1-5-9-21-15(19)11(3)23-13(17)7-8-14(18)24-12(4)16(20)22-10-6-2/h5-6,11-12H,1-2,7-10H2,3-4H3/t11-,12+. The monoisotopic (exact) mass is 342 g/mol. The smallest absolute Gasteiger partial charge is 0.347 e. The number of esters is 4. The number of ether oxygens (including phenoxy) is 4. The van der Waals surface area contributed by atoms with E-state index >= 15 is 0 Å². The number of rotatable bonds is 11. The molecule has 0 bridgehead atoms. The molecule has 0 aromatic carbocycles. The van der Waals surface area contributed by atoms with Crippen LogP contribution in [0.4, 0.5) is 0 Å². The van der Waals surface area contributed by atoms with Crippen LogP contribution in [-0.4, -0.2) is 49.3 Å². The molecule has 0 N–H and O–H groups in total. The summed E-state index contributed by atoms with van der Waals surface area (Å²) in [5.74, 6) is -2.97. The van der Waals surface area contributed by atoms with Gasteiger partial charge in [-0.2, -0.15) is 0 Å². The van der Waals surface area contributed by atoms with Crippen molar-refractivity contribution in [3.8, 4) is 0 Å². The lowest BCUT2D eigenvalue weighted by molar-refractivity contribution is -0.169. The van der Waals surface area contributed by atoms with E-state index in [1.807, 2.05) is 0 Å². The van der Waals surface area contributed by atoms with Gasteiger partial charge in [0.2, 0.25) is 0 Å². The molecule has 134 valence electrons. The molecule has 0 aliphatic carbocycles. The number of carbonyl (C=O) groups is 4. The average molecular weight is 342 g/mol. The van der Waals surface area contributed by atoms with E-state index in [0.717, 1.165) is 0 Å². The van der Waals surface area contributed by atoms with Crippen LogP contribution in [0.15, 0.2) is 25.3 Å². The summed E-state index contributed by atoms with van der Waals surface area (Å²) in [6.07, 6.45) is -0.0333. The van der Waals surface area contributed by atoms with Crippen LogP contribution in [0.2, 0.25) is 0 Å². The molecular weight excluding hydrogens is 320 g/mol. The van der Waals surface area contributed by atoms with Crippen molar-refractivity contribution < 1.29 is 38.1 Å². The lowest BCUT2D eigenvalue weighted by Gasteiger charge is -2.13. The highest BCUT2D eigenvalue weighted by Crippen LogP contribution is 2.04. The second kappa shape index (κ2) is 11.9. The molecule has 0 saturated heterocycles. The summed E-state index contributed by atoms with van der Waals surface area (Å²) in [7, 11) is 0. The van der Waals surface area contributed by atoms with E-state index in [4.69, 9.17) is 18.9 Å². The van der Waals surface area contributed by atoms with Crippen LogP contribution in [0.25, 0.3) is 0 Å². The number of hydrogen-bond donors (Lipinski definition) is 0.